The maximum atomic E-state index is 14.3. The Kier molecular flexibility index (Phi) is 8.54. The first-order valence-corrected chi connectivity index (χ1v) is 13.4. The molecule has 5 rings (SSSR count). The summed E-state index contributed by atoms with van der Waals surface area (Å²) in [7, 11) is 1.56. The van der Waals surface area contributed by atoms with Crippen LogP contribution in [0.25, 0.3) is 11.0 Å². The Morgan fingerprint density at radius 2 is 1.68 bits per heavy atom. The minimum Gasteiger partial charge on any atom is -0.497 e. The van der Waals surface area contributed by atoms with Crippen molar-refractivity contribution in [2.75, 3.05) is 18.6 Å². The Labute approximate surface area is 238 Å². The lowest BCUT2D eigenvalue weighted by Crippen LogP contribution is -2.45. The molecule has 9 heteroatoms. The van der Waals surface area contributed by atoms with Crippen LogP contribution in [0.3, 0.4) is 0 Å². The van der Waals surface area contributed by atoms with Gasteiger partial charge in [0, 0.05) is 23.9 Å². The first-order valence-electron chi connectivity index (χ1n) is 13.4. The fraction of sp³-hybridized carbons (Fsp3) is 0.188. The highest BCUT2D eigenvalue weighted by Gasteiger charge is 2.35. The van der Waals surface area contributed by atoms with Crippen molar-refractivity contribution >= 4 is 28.5 Å². The summed E-state index contributed by atoms with van der Waals surface area (Å²) in [5.74, 6) is 0.343. The molecule has 1 atom stereocenters. The summed E-state index contributed by atoms with van der Waals surface area (Å²) < 4.78 is 12.9. The summed E-state index contributed by atoms with van der Waals surface area (Å²) in [6, 6.07) is 30.3. The number of nitrogens with one attached hydrogen (secondary N) is 1. The molecule has 0 saturated heterocycles. The van der Waals surface area contributed by atoms with Crippen LogP contribution in [0, 0.1) is 0 Å². The molecule has 0 spiro atoms. The Balaban J connectivity index is 1.60. The van der Waals surface area contributed by atoms with E-state index in [9.17, 15) is 9.59 Å². The van der Waals surface area contributed by atoms with Crippen molar-refractivity contribution in [3.05, 3.63) is 114 Å². The standard InChI is InChI=1S/C32H31N5O4/c1-3-41-29-19-10-7-16-26(29)31(32(39)33-21-23-12-5-4-6-13-23)37(24-14-11-15-25(20-24)40-2)30(38)22-36-28-18-9-8-17-27(28)34-35-36/h4-20,31H,3,21-22H2,1-2H3,(H,33,39)/t31-/m1/s1. The Bertz CT molecular complexity index is 1640. The molecule has 0 aliphatic heterocycles. The summed E-state index contributed by atoms with van der Waals surface area (Å²) in [6.45, 7) is 2.42. The number of hydrogen-bond donors (Lipinski definition) is 1. The molecule has 0 bridgehead atoms. The topological polar surface area (TPSA) is 98.6 Å². The van der Waals surface area contributed by atoms with E-state index >= 15 is 0 Å². The zero-order chi connectivity index (χ0) is 28.6. The second-order valence-corrected chi connectivity index (χ2v) is 9.28. The number of aromatic nitrogens is 3. The van der Waals surface area contributed by atoms with Crippen molar-refractivity contribution in [2.24, 2.45) is 0 Å². The summed E-state index contributed by atoms with van der Waals surface area (Å²) in [6.07, 6.45) is 0. The molecule has 4 aromatic carbocycles. The zero-order valence-corrected chi connectivity index (χ0v) is 22.9. The molecule has 1 N–H and O–H groups in total. The van der Waals surface area contributed by atoms with Gasteiger partial charge in [0.25, 0.3) is 0 Å². The SMILES string of the molecule is CCOc1ccccc1[C@H](C(=O)NCc1ccccc1)N(C(=O)Cn1nnc2ccccc21)c1cccc(OC)c1. The van der Waals surface area contributed by atoms with Crippen molar-refractivity contribution in [3.8, 4) is 11.5 Å². The van der Waals surface area contributed by atoms with Gasteiger partial charge in [-0.3, -0.25) is 14.5 Å². The van der Waals surface area contributed by atoms with E-state index in [1.54, 1.807) is 37.4 Å². The predicted octanol–water partition coefficient (Wildman–Crippen LogP) is 4.93. The molecule has 208 valence electrons. The molecule has 0 aliphatic rings. The molecule has 0 unspecified atom stereocenters. The molecule has 5 aromatic rings. The largest absolute Gasteiger partial charge is 0.497 e. The molecule has 1 heterocycles. The zero-order valence-electron chi connectivity index (χ0n) is 22.9. The van der Waals surface area contributed by atoms with Crippen molar-refractivity contribution < 1.29 is 19.1 Å². The van der Waals surface area contributed by atoms with Crippen molar-refractivity contribution in [3.63, 3.8) is 0 Å². The molecular formula is C32H31N5O4. The maximum absolute atomic E-state index is 14.3. The number of carbonyl (C=O) groups is 2. The number of amides is 2. The van der Waals surface area contributed by atoms with Crippen LogP contribution in [0.15, 0.2) is 103 Å². The summed E-state index contributed by atoms with van der Waals surface area (Å²) in [5, 5.41) is 11.4. The van der Waals surface area contributed by atoms with Crippen molar-refractivity contribution in [1.29, 1.82) is 0 Å². The maximum Gasteiger partial charge on any atom is 0.249 e. The van der Waals surface area contributed by atoms with Gasteiger partial charge in [-0.1, -0.05) is 71.9 Å². The highest BCUT2D eigenvalue weighted by molar-refractivity contribution is 6.02. The van der Waals surface area contributed by atoms with Crippen LogP contribution in [-0.4, -0.2) is 40.5 Å². The van der Waals surface area contributed by atoms with Gasteiger partial charge < -0.3 is 14.8 Å². The van der Waals surface area contributed by atoms with Gasteiger partial charge in [-0.25, -0.2) is 4.68 Å². The average molecular weight is 550 g/mol. The molecule has 0 aliphatic carbocycles. The third-order valence-electron chi connectivity index (χ3n) is 6.64. The van der Waals surface area contributed by atoms with Gasteiger partial charge in [0.15, 0.2) is 0 Å². The number of benzene rings is 4. The van der Waals surface area contributed by atoms with Crippen LogP contribution in [0.1, 0.15) is 24.1 Å². The number of hydrogen-bond acceptors (Lipinski definition) is 6. The van der Waals surface area contributed by atoms with E-state index in [0.717, 1.165) is 5.56 Å². The molecule has 0 radical (unpaired) electrons. The number of para-hydroxylation sites is 2. The van der Waals surface area contributed by atoms with Crippen LogP contribution in [0.4, 0.5) is 5.69 Å². The lowest BCUT2D eigenvalue weighted by atomic mass is 10.0. The Morgan fingerprint density at radius 1 is 0.927 bits per heavy atom. The summed E-state index contributed by atoms with van der Waals surface area (Å²) >= 11 is 0. The van der Waals surface area contributed by atoms with Crippen LogP contribution in [-0.2, 0) is 22.7 Å². The number of fused-ring (bicyclic) bond motifs is 1. The second kappa shape index (κ2) is 12.8. The quantitative estimate of drug-likeness (QED) is 0.251. The van der Waals surface area contributed by atoms with Gasteiger partial charge in [0.05, 0.1) is 19.2 Å². The first kappa shape index (κ1) is 27.4. The fourth-order valence-corrected chi connectivity index (χ4v) is 4.71. The van der Waals surface area contributed by atoms with E-state index in [0.29, 0.717) is 46.9 Å². The summed E-state index contributed by atoms with van der Waals surface area (Å²) in [5.41, 5.74) is 3.37. The van der Waals surface area contributed by atoms with E-state index in [4.69, 9.17) is 9.47 Å². The minimum absolute atomic E-state index is 0.142. The number of anilines is 1. The van der Waals surface area contributed by atoms with E-state index in [-0.39, 0.29) is 18.4 Å². The van der Waals surface area contributed by atoms with Crippen LogP contribution in [0.2, 0.25) is 0 Å². The number of nitrogens with zero attached hydrogens (tertiary/aromatic N) is 4. The lowest BCUT2D eigenvalue weighted by Gasteiger charge is -2.32. The predicted molar refractivity (Wildman–Crippen MR) is 157 cm³/mol. The van der Waals surface area contributed by atoms with Crippen LogP contribution < -0.4 is 19.7 Å². The lowest BCUT2D eigenvalue weighted by molar-refractivity contribution is -0.127. The van der Waals surface area contributed by atoms with Crippen LogP contribution in [0.5, 0.6) is 11.5 Å². The number of ether oxygens (including phenoxy) is 2. The molecule has 2 amide bonds. The number of carbonyl (C=O) groups excluding carboxylic acids is 2. The molecule has 41 heavy (non-hydrogen) atoms. The monoisotopic (exact) mass is 549 g/mol. The van der Waals surface area contributed by atoms with Gasteiger partial charge in [-0.2, -0.15) is 0 Å². The van der Waals surface area contributed by atoms with Crippen molar-refractivity contribution in [2.45, 2.75) is 26.1 Å². The third kappa shape index (κ3) is 6.19. The molecule has 1 aromatic heterocycles. The van der Waals surface area contributed by atoms with Gasteiger partial charge in [0.1, 0.15) is 29.6 Å². The van der Waals surface area contributed by atoms with Gasteiger partial charge in [-0.15, -0.1) is 5.10 Å². The van der Waals surface area contributed by atoms with E-state index in [2.05, 4.69) is 15.6 Å². The summed E-state index contributed by atoms with van der Waals surface area (Å²) in [4.78, 5) is 29.9. The minimum atomic E-state index is -1.06. The van der Waals surface area contributed by atoms with Gasteiger partial charge in [0.2, 0.25) is 11.8 Å². The van der Waals surface area contributed by atoms with E-state index in [1.165, 1.54) is 9.58 Å². The molecule has 0 saturated carbocycles. The normalized spacial score (nSPS) is 11.6. The highest BCUT2D eigenvalue weighted by atomic mass is 16.5. The van der Waals surface area contributed by atoms with Crippen molar-refractivity contribution in [1.82, 2.24) is 20.3 Å². The Hall–Kier alpha value is -5.18. The second-order valence-electron chi connectivity index (χ2n) is 9.28. The fourth-order valence-electron chi connectivity index (χ4n) is 4.71. The van der Waals surface area contributed by atoms with Crippen LogP contribution >= 0.6 is 0 Å². The first-order chi connectivity index (χ1) is 20.1. The highest BCUT2D eigenvalue weighted by Crippen LogP contribution is 2.35. The third-order valence-corrected chi connectivity index (χ3v) is 6.64. The molecule has 9 nitrogen and oxygen atoms in total. The smallest absolute Gasteiger partial charge is 0.249 e. The molecular weight excluding hydrogens is 518 g/mol. The average Bonchev–Trinajstić information content (AvgIpc) is 3.42. The van der Waals surface area contributed by atoms with E-state index in [1.807, 2.05) is 79.7 Å². The Morgan fingerprint density at radius 3 is 2.49 bits per heavy atom. The van der Waals surface area contributed by atoms with Gasteiger partial charge >= 0.3 is 0 Å². The van der Waals surface area contributed by atoms with Gasteiger partial charge in [-0.05, 0) is 42.8 Å². The van der Waals surface area contributed by atoms with E-state index < -0.39 is 6.04 Å². The number of methoxy groups -OCH3 is 1. The number of rotatable bonds is 11. The molecule has 0 fully saturated rings.